The predicted molar refractivity (Wildman–Crippen MR) is 81.1 cm³/mol. The number of hydrogen-bond donors (Lipinski definition) is 1. The van der Waals surface area contributed by atoms with Gasteiger partial charge in [0.05, 0.1) is 6.10 Å². The molecule has 0 aliphatic heterocycles. The van der Waals surface area contributed by atoms with Gasteiger partial charge in [-0.05, 0) is 63.3 Å². The molecular formula is C17H33NO. The van der Waals surface area contributed by atoms with Gasteiger partial charge < -0.3 is 10.0 Å². The summed E-state index contributed by atoms with van der Waals surface area (Å²) in [5.41, 5.74) is 0. The molecule has 2 heteroatoms. The third kappa shape index (κ3) is 3.95. The Morgan fingerprint density at radius 1 is 0.947 bits per heavy atom. The van der Waals surface area contributed by atoms with Crippen molar-refractivity contribution in [1.29, 1.82) is 0 Å². The molecule has 0 amide bonds. The smallest absolute Gasteiger partial charge is 0.0585 e. The topological polar surface area (TPSA) is 23.5 Å². The monoisotopic (exact) mass is 267 g/mol. The third-order valence-corrected chi connectivity index (χ3v) is 5.75. The minimum absolute atomic E-state index is 0.0799. The van der Waals surface area contributed by atoms with Crippen molar-refractivity contribution >= 4 is 0 Å². The Hall–Kier alpha value is -0.0800. The van der Waals surface area contributed by atoms with E-state index in [-0.39, 0.29) is 6.10 Å². The zero-order valence-electron chi connectivity index (χ0n) is 13.3. The summed E-state index contributed by atoms with van der Waals surface area (Å²) in [6, 6.07) is 0.759. The van der Waals surface area contributed by atoms with Crippen molar-refractivity contribution in [3.63, 3.8) is 0 Å². The van der Waals surface area contributed by atoms with E-state index in [4.69, 9.17) is 0 Å². The number of rotatable bonds is 3. The van der Waals surface area contributed by atoms with Crippen molar-refractivity contribution in [3.05, 3.63) is 0 Å². The highest BCUT2D eigenvalue weighted by atomic mass is 16.3. The summed E-state index contributed by atoms with van der Waals surface area (Å²) in [6.07, 6.45) is 7.69. The second-order valence-corrected chi connectivity index (χ2v) is 7.64. The lowest BCUT2D eigenvalue weighted by Gasteiger charge is -2.42. The van der Waals surface area contributed by atoms with Crippen LogP contribution in [0.1, 0.15) is 59.3 Å². The Morgan fingerprint density at radius 3 is 2.16 bits per heavy atom. The lowest BCUT2D eigenvalue weighted by atomic mass is 9.73. The van der Waals surface area contributed by atoms with E-state index >= 15 is 0 Å². The minimum atomic E-state index is -0.0799. The molecule has 112 valence electrons. The summed E-state index contributed by atoms with van der Waals surface area (Å²) in [7, 11) is 2.28. The molecule has 0 radical (unpaired) electrons. The van der Waals surface area contributed by atoms with E-state index in [1.807, 2.05) is 0 Å². The Bertz CT molecular complexity index is 260. The van der Waals surface area contributed by atoms with Crippen molar-refractivity contribution in [2.75, 3.05) is 13.6 Å². The normalized spacial score (nSPS) is 44.5. The molecule has 2 nitrogen and oxygen atoms in total. The molecule has 0 spiro atoms. The van der Waals surface area contributed by atoms with E-state index in [2.05, 4.69) is 32.7 Å². The summed E-state index contributed by atoms with van der Waals surface area (Å²) >= 11 is 0. The number of aliphatic hydroxyl groups is 1. The highest BCUT2D eigenvalue weighted by Crippen LogP contribution is 2.35. The zero-order valence-corrected chi connectivity index (χ0v) is 13.3. The van der Waals surface area contributed by atoms with Crippen molar-refractivity contribution in [2.45, 2.75) is 71.4 Å². The molecule has 19 heavy (non-hydrogen) atoms. The first-order chi connectivity index (χ1) is 8.97. The molecule has 0 bridgehead atoms. The van der Waals surface area contributed by atoms with Crippen molar-refractivity contribution in [3.8, 4) is 0 Å². The summed E-state index contributed by atoms with van der Waals surface area (Å²) in [5.74, 6) is 2.77. The van der Waals surface area contributed by atoms with Gasteiger partial charge in [0.2, 0.25) is 0 Å². The van der Waals surface area contributed by atoms with E-state index in [1.165, 1.54) is 32.1 Å². The average molecular weight is 267 g/mol. The molecule has 4 unspecified atom stereocenters. The largest absolute Gasteiger partial charge is 0.393 e. The van der Waals surface area contributed by atoms with Gasteiger partial charge in [0.15, 0.2) is 0 Å². The highest BCUT2D eigenvalue weighted by Gasteiger charge is 2.34. The molecule has 2 fully saturated rings. The van der Waals surface area contributed by atoms with Gasteiger partial charge in [0, 0.05) is 18.5 Å². The Morgan fingerprint density at radius 2 is 1.58 bits per heavy atom. The fourth-order valence-electron chi connectivity index (χ4n) is 4.34. The van der Waals surface area contributed by atoms with E-state index in [9.17, 15) is 5.11 Å². The first kappa shape index (κ1) is 15.3. The standard InChI is InChI=1S/C17H33NO/c1-12-5-7-15(8-6-12)18(4)11-16-14(3)9-13(2)10-17(16)19/h12-17,19H,5-11H2,1-4H3. The van der Waals surface area contributed by atoms with Crippen molar-refractivity contribution in [2.24, 2.45) is 23.7 Å². The van der Waals surface area contributed by atoms with Crippen LogP contribution in [0.4, 0.5) is 0 Å². The molecule has 0 saturated heterocycles. The summed E-state index contributed by atoms with van der Waals surface area (Å²) in [5, 5.41) is 10.4. The quantitative estimate of drug-likeness (QED) is 0.845. The molecule has 0 heterocycles. The maximum atomic E-state index is 10.4. The van der Waals surface area contributed by atoms with Crippen LogP contribution < -0.4 is 0 Å². The van der Waals surface area contributed by atoms with Gasteiger partial charge >= 0.3 is 0 Å². The van der Waals surface area contributed by atoms with Crippen LogP contribution in [0.15, 0.2) is 0 Å². The van der Waals surface area contributed by atoms with Gasteiger partial charge in [-0.15, -0.1) is 0 Å². The van der Waals surface area contributed by atoms with Crippen LogP contribution in [-0.4, -0.2) is 35.7 Å². The molecule has 2 saturated carbocycles. The highest BCUT2D eigenvalue weighted by molar-refractivity contribution is 4.86. The lowest BCUT2D eigenvalue weighted by Crippen LogP contribution is -2.45. The third-order valence-electron chi connectivity index (χ3n) is 5.75. The second-order valence-electron chi connectivity index (χ2n) is 7.64. The van der Waals surface area contributed by atoms with Gasteiger partial charge in [-0.3, -0.25) is 0 Å². The Labute approximate surface area is 119 Å². The predicted octanol–water partition coefficient (Wildman–Crippen LogP) is 3.54. The first-order valence-corrected chi connectivity index (χ1v) is 8.35. The fourth-order valence-corrected chi connectivity index (χ4v) is 4.34. The van der Waals surface area contributed by atoms with Crippen LogP contribution in [-0.2, 0) is 0 Å². The summed E-state index contributed by atoms with van der Waals surface area (Å²) < 4.78 is 0. The van der Waals surface area contributed by atoms with E-state index in [1.54, 1.807) is 0 Å². The number of aliphatic hydroxyl groups excluding tert-OH is 1. The van der Waals surface area contributed by atoms with Crippen LogP contribution >= 0.6 is 0 Å². The molecule has 0 aromatic heterocycles. The van der Waals surface area contributed by atoms with Gasteiger partial charge in [-0.25, -0.2) is 0 Å². The molecule has 0 aromatic carbocycles. The SMILES string of the molecule is CC1CCC(N(C)CC2C(C)CC(C)CC2O)CC1. The van der Waals surface area contributed by atoms with E-state index in [0.717, 1.165) is 24.9 Å². The zero-order chi connectivity index (χ0) is 14.0. The maximum absolute atomic E-state index is 10.4. The molecule has 2 rings (SSSR count). The van der Waals surface area contributed by atoms with Gasteiger partial charge in [0.25, 0.3) is 0 Å². The van der Waals surface area contributed by atoms with Gasteiger partial charge in [0.1, 0.15) is 0 Å². The van der Waals surface area contributed by atoms with Crippen LogP contribution in [0.5, 0.6) is 0 Å². The van der Waals surface area contributed by atoms with Crippen molar-refractivity contribution in [1.82, 2.24) is 4.90 Å². The Kier molecular flexibility index (Phi) is 5.30. The second kappa shape index (κ2) is 6.58. The summed E-state index contributed by atoms with van der Waals surface area (Å²) in [6.45, 7) is 8.08. The van der Waals surface area contributed by atoms with Gasteiger partial charge in [-0.1, -0.05) is 20.8 Å². The number of hydrogen-bond acceptors (Lipinski definition) is 2. The minimum Gasteiger partial charge on any atom is -0.393 e. The van der Waals surface area contributed by atoms with Crippen LogP contribution in [0.2, 0.25) is 0 Å². The average Bonchev–Trinajstić information content (AvgIpc) is 2.34. The maximum Gasteiger partial charge on any atom is 0.0585 e. The number of nitrogens with zero attached hydrogens (tertiary/aromatic N) is 1. The first-order valence-electron chi connectivity index (χ1n) is 8.35. The van der Waals surface area contributed by atoms with Crippen molar-refractivity contribution < 1.29 is 5.11 Å². The van der Waals surface area contributed by atoms with E-state index < -0.39 is 0 Å². The molecule has 1 N–H and O–H groups in total. The lowest BCUT2D eigenvalue weighted by molar-refractivity contribution is -0.00755. The molecule has 4 atom stereocenters. The molecule has 2 aliphatic carbocycles. The van der Waals surface area contributed by atoms with Gasteiger partial charge in [-0.2, -0.15) is 0 Å². The van der Waals surface area contributed by atoms with E-state index in [0.29, 0.717) is 17.8 Å². The molecular weight excluding hydrogens is 234 g/mol. The van der Waals surface area contributed by atoms with Crippen LogP contribution in [0.25, 0.3) is 0 Å². The fraction of sp³-hybridized carbons (Fsp3) is 1.00. The molecule has 0 aromatic rings. The summed E-state index contributed by atoms with van der Waals surface area (Å²) in [4.78, 5) is 2.55. The Balaban J connectivity index is 1.85. The van der Waals surface area contributed by atoms with Crippen LogP contribution in [0, 0.1) is 23.7 Å². The van der Waals surface area contributed by atoms with Crippen LogP contribution in [0.3, 0.4) is 0 Å². The molecule has 2 aliphatic rings.